The van der Waals surface area contributed by atoms with Crippen molar-refractivity contribution >= 4 is 68.6 Å². The minimum absolute atomic E-state index is 0.0427. The number of aryl methyl sites for hydroxylation is 1. The highest BCUT2D eigenvalue weighted by Gasteiger charge is 2.13. The van der Waals surface area contributed by atoms with Crippen molar-refractivity contribution in [3.63, 3.8) is 0 Å². The van der Waals surface area contributed by atoms with E-state index in [0.29, 0.717) is 10.8 Å². The maximum Gasteiger partial charge on any atom is 0.276 e. The summed E-state index contributed by atoms with van der Waals surface area (Å²) in [5.74, 6) is -0.261. The molecule has 0 atom stereocenters. The van der Waals surface area contributed by atoms with Crippen LogP contribution in [0, 0.1) is 13.5 Å². The Hall–Kier alpha value is -3.84. The van der Waals surface area contributed by atoms with Gasteiger partial charge in [0.1, 0.15) is 15.5 Å². The van der Waals surface area contributed by atoms with E-state index in [1.807, 2.05) is 25.9 Å². The molecule has 0 aromatic carbocycles. The third-order valence-corrected chi connectivity index (χ3v) is 5.16. The number of Topliss-reactive ketones (excluding diaryl/α,β-unsaturated/α-hetero) is 1. The first kappa shape index (κ1) is 30.4. The van der Waals surface area contributed by atoms with Gasteiger partial charge in [-0.1, -0.05) is 34.8 Å². The number of nitrogens with zero attached hydrogens (tertiary/aromatic N) is 5. The van der Waals surface area contributed by atoms with Crippen molar-refractivity contribution in [2.24, 2.45) is 0 Å². The summed E-state index contributed by atoms with van der Waals surface area (Å²) in [5.41, 5.74) is 1.38. The van der Waals surface area contributed by atoms with Crippen molar-refractivity contribution in [3.8, 4) is 0 Å². The maximum absolute atomic E-state index is 12.1. The first-order valence-corrected chi connectivity index (χ1v) is 12.0. The number of fused-ring (bicyclic) bond motifs is 2. The number of rotatable bonds is 4. The summed E-state index contributed by atoms with van der Waals surface area (Å²) in [5, 5.41) is 1.41. The number of halogens is 3. The van der Waals surface area contributed by atoms with Crippen molar-refractivity contribution in [2.45, 2.75) is 13.8 Å². The van der Waals surface area contributed by atoms with Crippen LogP contribution in [0.3, 0.4) is 0 Å². The molecule has 4 rings (SSSR count). The number of hydrogen-bond acceptors (Lipinski definition) is 8. The fourth-order valence-corrected chi connectivity index (χ4v) is 3.31. The summed E-state index contributed by atoms with van der Waals surface area (Å²) in [6.07, 6.45) is 3.25. The van der Waals surface area contributed by atoms with E-state index >= 15 is 0 Å². The molecule has 0 aliphatic carbocycles. The van der Waals surface area contributed by atoms with Gasteiger partial charge in [0.05, 0.1) is 16.3 Å². The molecule has 0 N–H and O–H groups in total. The average Bonchev–Trinajstić information content (AvgIpc) is 2.83. The lowest BCUT2D eigenvalue weighted by Crippen LogP contribution is -2.04. The number of hydrogen-bond donors (Lipinski definition) is 0. The molecule has 0 aliphatic rings. The van der Waals surface area contributed by atoms with Crippen LogP contribution < -0.4 is 5.43 Å². The van der Waals surface area contributed by atoms with E-state index < -0.39 is 0 Å². The van der Waals surface area contributed by atoms with Gasteiger partial charge in [-0.25, -0.2) is 21.5 Å². The van der Waals surface area contributed by atoms with Gasteiger partial charge in [-0.05, 0) is 56.3 Å². The summed E-state index contributed by atoms with van der Waals surface area (Å²) < 4.78 is 5.48. The fourth-order valence-electron chi connectivity index (χ4n) is 2.72. The summed E-state index contributed by atoms with van der Waals surface area (Å²) in [4.78, 5) is 50.2. The molecule has 4 aromatic heterocycles. The standard InChI is InChI=1S/C12H7ClN2O2.C8H4Cl2N2O.C6H11NO/c1-6-2-3-7-10(16)8-4-5-9(13)15-12(8)17-11(7)14-6;1-11-4-6(13)5-2-3-7(9)12-8(5)10;1-6(8)4-5-7(2)3/h2-5H,1H3;2-3H,4H2;4-5H,1-3H3/b;;5-4+. The molecule has 0 spiro atoms. The van der Waals surface area contributed by atoms with Gasteiger partial charge in [0.25, 0.3) is 6.54 Å². The predicted octanol–water partition coefficient (Wildman–Crippen LogP) is 5.84. The topological polar surface area (TPSA) is 111 Å². The Bertz CT molecular complexity index is 1550. The van der Waals surface area contributed by atoms with Gasteiger partial charge in [0.15, 0.2) is 5.78 Å². The van der Waals surface area contributed by atoms with Crippen LogP contribution in [-0.4, -0.2) is 52.1 Å². The largest absolute Gasteiger partial charge is 0.419 e. The highest BCUT2D eigenvalue weighted by atomic mass is 35.5. The van der Waals surface area contributed by atoms with E-state index in [1.54, 1.807) is 30.5 Å². The number of pyridine rings is 3. The van der Waals surface area contributed by atoms with Crippen LogP contribution in [0.2, 0.25) is 15.5 Å². The van der Waals surface area contributed by atoms with Crippen molar-refractivity contribution in [3.05, 3.63) is 97.0 Å². The number of ketones is 2. The van der Waals surface area contributed by atoms with E-state index in [0.717, 1.165) is 5.69 Å². The molecule has 0 bridgehead atoms. The second-order valence-corrected chi connectivity index (χ2v) is 8.96. The molecule has 0 fully saturated rings. The van der Waals surface area contributed by atoms with Crippen molar-refractivity contribution in [1.29, 1.82) is 0 Å². The third-order valence-electron chi connectivity index (χ3n) is 4.45. The number of allylic oxidation sites excluding steroid dienone is 1. The monoisotopic (exact) mass is 573 g/mol. The first-order chi connectivity index (χ1) is 17.9. The zero-order chi connectivity index (χ0) is 28.4. The Kier molecular flexibility index (Phi) is 11.3. The summed E-state index contributed by atoms with van der Waals surface area (Å²) >= 11 is 16.9. The van der Waals surface area contributed by atoms with Gasteiger partial charge in [-0.15, -0.1) is 0 Å². The van der Waals surface area contributed by atoms with Gasteiger partial charge in [-0.3, -0.25) is 14.4 Å². The summed E-state index contributed by atoms with van der Waals surface area (Å²) in [7, 11) is 3.75. The minimum Gasteiger partial charge on any atom is -0.419 e. The SMILES string of the molecule is CC(=O)/C=C/N(C)C.Cc1ccc2c(=O)c3ccc(Cl)nc3oc2n1.[C-]#[N+]CC(=O)c1ccc(Cl)nc1Cl. The van der Waals surface area contributed by atoms with Gasteiger partial charge in [0, 0.05) is 26.0 Å². The van der Waals surface area contributed by atoms with E-state index in [-0.39, 0.29) is 56.0 Å². The Labute approximate surface area is 233 Å². The van der Waals surface area contributed by atoms with Crippen LogP contribution in [0.15, 0.2) is 57.9 Å². The lowest BCUT2D eigenvalue weighted by Gasteiger charge is -2.00. The minimum atomic E-state index is -0.343. The first-order valence-electron chi connectivity index (χ1n) is 10.8. The average molecular weight is 575 g/mol. The number of carbonyl (C=O) groups excluding carboxylic acids is 2. The predicted molar refractivity (Wildman–Crippen MR) is 149 cm³/mol. The third kappa shape index (κ3) is 8.92. The molecule has 38 heavy (non-hydrogen) atoms. The summed E-state index contributed by atoms with van der Waals surface area (Å²) in [6.45, 7) is 9.65. The van der Waals surface area contributed by atoms with E-state index in [4.69, 9.17) is 45.8 Å². The van der Waals surface area contributed by atoms with Crippen LogP contribution >= 0.6 is 34.8 Å². The number of aromatic nitrogens is 3. The molecular formula is C26H22Cl3N5O4. The molecule has 12 heteroatoms. The van der Waals surface area contributed by atoms with Gasteiger partial charge < -0.3 is 14.2 Å². The molecule has 0 aliphatic heterocycles. The van der Waals surface area contributed by atoms with Crippen LogP contribution in [0.25, 0.3) is 27.0 Å². The van der Waals surface area contributed by atoms with E-state index in [9.17, 15) is 14.4 Å². The van der Waals surface area contributed by atoms with Crippen LogP contribution in [-0.2, 0) is 4.79 Å². The Morgan fingerprint density at radius 3 is 2.11 bits per heavy atom. The maximum atomic E-state index is 12.1. The molecule has 4 aromatic rings. The molecular weight excluding hydrogens is 553 g/mol. The molecule has 0 radical (unpaired) electrons. The smallest absolute Gasteiger partial charge is 0.276 e. The highest BCUT2D eigenvalue weighted by Crippen LogP contribution is 2.18. The molecule has 9 nitrogen and oxygen atoms in total. The lowest BCUT2D eigenvalue weighted by atomic mass is 10.2. The summed E-state index contributed by atoms with van der Waals surface area (Å²) in [6, 6.07) is 9.58. The zero-order valence-electron chi connectivity index (χ0n) is 20.8. The Morgan fingerprint density at radius 1 is 0.974 bits per heavy atom. The van der Waals surface area contributed by atoms with E-state index in [2.05, 4.69) is 19.8 Å². The fraction of sp³-hybridized carbons (Fsp3) is 0.192. The molecule has 196 valence electrons. The zero-order valence-corrected chi connectivity index (χ0v) is 23.1. The van der Waals surface area contributed by atoms with Crippen LogP contribution in [0.5, 0.6) is 0 Å². The highest BCUT2D eigenvalue weighted by molar-refractivity contribution is 6.34. The van der Waals surface area contributed by atoms with Crippen LogP contribution in [0.1, 0.15) is 23.0 Å². The molecule has 0 unspecified atom stereocenters. The molecule has 0 amide bonds. The Morgan fingerprint density at radius 2 is 1.55 bits per heavy atom. The van der Waals surface area contributed by atoms with E-state index in [1.165, 1.54) is 25.1 Å². The quantitative estimate of drug-likeness (QED) is 0.0983. The Balaban J connectivity index is 0.000000216. The van der Waals surface area contributed by atoms with Crippen molar-refractivity contribution < 1.29 is 14.0 Å². The molecule has 4 heterocycles. The molecule has 0 saturated heterocycles. The molecule has 0 saturated carbocycles. The van der Waals surface area contributed by atoms with Gasteiger partial charge in [-0.2, -0.15) is 0 Å². The van der Waals surface area contributed by atoms with Crippen molar-refractivity contribution in [2.75, 3.05) is 20.6 Å². The number of carbonyl (C=O) groups is 2. The van der Waals surface area contributed by atoms with Gasteiger partial charge >= 0.3 is 0 Å². The second-order valence-electron chi connectivity index (χ2n) is 7.82. The second kappa shape index (κ2) is 14.2. The lowest BCUT2D eigenvalue weighted by molar-refractivity contribution is -0.112. The van der Waals surface area contributed by atoms with Gasteiger partial charge in [0.2, 0.25) is 22.6 Å². The normalized spacial score (nSPS) is 10.3. The van der Waals surface area contributed by atoms with Crippen LogP contribution in [0.4, 0.5) is 0 Å². The van der Waals surface area contributed by atoms with Crippen molar-refractivity contribution in [1.82, 2.24) is 19.9 Å².